The Morgan fingerprint density at radius 2 is 0.750 bits per heavy atom. The molecule has 4 aromatic rings. The first-order chi connectivity index (χ1) is 21.8. The Bertz CT molecular complexity index is 2170. The fourth-order valence-electron chi connectivity index (χ4n) is 4.11. The van der Waals surface area contributed by atoms with Crippen LogP contribution in [0.4, 0.5) is 0 Å². The zero-order chi connectivity index (χ0) is 30.2. The summed E-state index contributed by atoms with van der Waals surface area (Å²) < 4.78 is 0. The van der Waals surface area contributed by atoms with Gasteiger partial charge in [-0.25, -0.2) is 0 Å². The lowest BCUT2D eigenvalue weighted by molar-refractivity contribution is 1.17. The number of hydrogen-bond acceptors (Lipinski definition) is 0. The molecule has 0 N–H and O–H groups in total. The second-order valence-electron chi connectivity index (χ2n) is 9.48. The Morgan fingerprint density at radius 1 is 0.386 bits per heavy atom. The molecule has 0 unspecified atom stereocenters. The van der Waals surface area contributed by atoms with Crippen LogP contribution in [0.1, 0.15) is 35.6 Å². The van der Waals surface area contributed by atoms with Gasteiger partial charge in [0.2, 0.25) is 0 Å². The predicted octanol–water partition coefficient (Wildman–Crippen LogP) is 9.50. The monoisotopic (exact) mass is 554 g/mol. The Labute approximate surface area is 260 Å². The van der Waals surface area contributed by atoms with Gasteiger partial charge in [-0.15, -0.1) is 0 Å². The Morgan fingerprint density at radius 3 is 1.18 bits per heavy atom. The van der Waals surface area contributed by atoms with Crippen LogP contribution in [0.2, 0.25) is 0 Å². The van der Waals surface area contributed by atoms with Gasteiger partial charge >= 0.3 is 0 Å². The van der Waals surface area contributed by atoms with Gasteiger partial charge in [0.25, 0.3) is 0 Å². The van der Waals surface area contributed by atoms with Gasteiger partial charge in [-0.05, 0) is 28.7 Å². The lowest BCUT2D eigenvalue weighted by Gasteiger charge is -1.98. The van der Waals surface area contributed by atoms with Crippen LogP contribution in [0.25, 0.3) is 22.3 Å². The van der Waals surface area contributed by atoms with Crippen molar-refractivity contribution in [3.63, 3.8) is 0 Å². The molecule has 1 aliphatic carbocycles. The van der Waals surface area contributed by atoms with Crippen molar-refractivity contribution in [2.45, 2.75) is 13.3 Å². The first kappa shape index (κ1) is 29.0. The van der Waals surface area contributed by atoms with Crippen LogP contribution in [-0.2, 0) is 0 Å². The molecule has 1 aliphatic rings. The normalized spacial score (nSPS) is 12.2. The summed E-state index contributed by atoms with van der Waals surface area (Å²) >= 11 is 0. The van der Waals surface area contributed by atoms with Crippen LogP contribution in [0.15, 0.2) is 167 Å². The van der Waals surface area contributed by atoms with E-state index in [9.17, 15) is 0 Å². The van der Waals surface area contributed by atoms with Gasteiger partial charge < -0.3 is 0 Å². The van der Waals surface area contributed by atoms with Gasteiger partial charge in [0.1, 0.15) is 0 Å². The number of benzene rings is 4. The second-order valence-corrected chi connectivity index (χ2v) is 9.48. The lowest BCUT2D eigenvalue weighted by Crippen LogP contribution is -1.82. The van der Waals surface area contributed by atoms with Crippen molar-refractivity contribution in [1.29, 1.82) is 0 Å². The van der Waals surface area contributed by atoms with E-state index in [1.165, 1.54) is 0 Å². The Kier molecular flexibility index (Phi) is 10.2. The molecule has 0 bridgehead atoms. The number of rotatable bonds is 5. The highest BCUT2D eigenvalue weighted by Gasteiger charge is 2.01. The fraction of sp³-hybridized carbons (Fsp3) is 0.0455. The summed E-state index contributed by atoms with van der Waals surface area (Å²) in [5.41, 5.74) is 26.8. The SMILES string of the molecule is CCC1=C=C=C(c2ccccc2)C#CC(c2ccccc2)=C=C=CC#CC(c2ccccc2)=C=C=C(c2ccccc2)C#C1. The molecule has 4 aromatic carbocycles. The summed E-state index contributed by atoms with van der Waals surface area (Å²) in [7, 11) is 0. The minimum atomic E-state index is 0.681. The van der Waals surface area contributed by atoms with Crippen LogP contribution in [0.3, 0.4) is 0 Å². The predicted molar refractivity (Wildman–Crippen MR) is 182 cm³/mol. The molecule has 0 nitrogen and oxygen atoms in total. The highest BCUT2D eigenvalue weighted by atomic mass is 14.0. The molecule has 44 heavy (non-hydrogen) atoms. The average Bonchev–Trinajstić information content (AvgIpc) is 3.09. The van der Waals surface area contributed by atoms with Crippen molar-refractivity contribution in [1.82, 2.24) is 0 Å². The maximum Gasteiger partial charge on any atom is 0.0824 e. The van der Waals surface area contributed by atoms with Crippen LogP contribution in [0.5, 0.6) is 0 Å². The number of allylic oxidation sites excluding steroid dienone is 6. The van der Waals surface area contributed by atoms with Gasteiger partial charge in [0.15, 0.2) is 0 Å². The van der Waals surface area contributed by atoms with Gasteiger partial charge in [0, 0.05) is 6.08 Å². The van der Waals surface area contributed by atoms with Crippen molar-refractivity contribution in [2.75, 3.05) is 0 Å². The van der Waals surface area contributed by atoms with Crippen LogP contribution < -0.4 is 0 Å². The van der Waals surface area contributed by atoms with E-state index in [1.54, 1.807) is 6.08 Å². The number of hydrogen-bond donors (Lipinski definition) is 0. The minimum absolute atomic E-state index is 0.681. The van der Waals surface area contributed by atoms with Crippen molar-refractivity contribution >= 4 is 22.3 Å². The lowest BCUT2D eigenvalue weighted by atomic mass is 10.0. The van der Waals surface area contributed by atoms with E-state index >= 15 is 0 Å². The molecule has 5 rings (SSSR count). The quantitative estimate of drug-likeness (QED) is 0.170. The highest BCUT2D eigenvalue weighted by molar-refractivity contribution is 5.86. The van der Waals surface area contributed by atoms with Crippen LogP contribution in [0, 0.1) is 35.5 Å². The van der Waals surface area contributed by atoms with Crippen molar-refractivity contribution < 1.29 is 0 Å². The third-order valence-electron chi connectivity index (χ3n) is 6.44. The molecule has 0 heteroatoms. The smallest absolute Gasteiger partial charge is 0.0622 e. The molecule has 0 aliphatic heterocycles. The zero-order valence-corrected chi connectivity index (χ0v) is 24.3. The topological polar surface area (TPSA) is 0 Å². The second kappa shape index (κ2) is 15.5. The molecular formula is C44H26. The van der Waals surface area contributed by atoms with Crippen LogP contribution in [-0.4, -0.2) is 0 Å². The van der Waals surface area contributed by atoms with Crippen molar-refractivity contribution in [2.24, 2.45) is 0 Å². The maximum absolute atomic E-state index is 3.31. The van der Waals surface area contributed by atoms with Crippen molar-refractivity contribution in [3.8, 4) is 35.5 Å². The summed E-state index contributed by atoms with van der Waals surface area (Å²) in [6, 6.07) is 39.8. The van der Waals surface area contributed by atoms with Gasteiger partial charge in [0.05, 0.1) is 27.9 Å². The fourth-order valence-corrected chi connectivity index (χ4v) is 4.11. The third-order valence-corrected chi connectivity index (χ3v) is 6.44. The standard InChI is InChI=1S/C44H26/c1-2-36-28-30-43(39-22-12-5-13-23-39)34-32-41(37-18-8-3-9-19-37)26-16-7-17-27-42(38-20-10-4-11-21-38)33-35-44(31-29-36)40-24-14-6-15-25-40/h3-15,18-25H,2H2,1H3. The van der Waals surface area contributed by atoms with E-state index in [0.29, 0.717) is 28.7 Å². The summed E-state index contributed by atoms with van der Waals surface area (Å²) in [4.78, 5) is 0. The van der Waals surface area contributed by atoms with E-state index in [4.69, 9.17) is 0 Å². The van der Waals surface area contributed by atoms with E-state index in [-0.39, 0.29) is 0 Å². The summed E-state index contributed by atoms with van der Waals surface area (Å²) in [5.74, 6) is 19.5. The third kappa shape index (κ3) is 8.25. The van der Waals surface area contributed by atoms with Crippen molar-refractivity contribution in [3.05, 3.63) is 190 Å². The summed E-state index contributed by atoms with van der Waals surface area (Å²) in [6.07, 6.45) is 2.32. The van der Waals surface area contributed by atoms with Gasteiger partial charge in [-0.1, -0.05) is 198 Å². The molecular weight excluding hydrogens is 528 g/mol. The average molecular weight is 555 g/mol. The molecule has 0 atom stereocenters. The zero-order valence-electron chi connectivity index (χ0n) is 24.3. The van der Waals surface area contributed by atoms with E-state index in [2.05, 4.69) is 76.8 Å². The molecule has 0 amide bonds. The van der Waals surface area contributed by atoms with Gasteiger partial charge in [-0.3, -0.25) is 0 Å². The molecule has 0 saturated heterocycles. The summed E-state index contributed by atoms with van der Waals surface area (Å²) in [5, 5.41) is 0. The molecule has 0 heterocycles. The largest absolute Gasteiger partial charge is 0.0824 e. The van der Waals surface area contributed by atoms with E-state index in [1.807, 2.05) is 121 Å². The first-order valence-corrected chi connectivity index (χ1v) is 14.3. The Hall–Kier alpha value is -6.54. The summed E-state index contributed by atoms with van der Waals surface area (Å²) in [6.45, 7) is 2.05. The maximum atomic E-state index is 3.31. The molecule has 0 saturated carbocycles. The highest BCUT2D eigenvalue weighted by Crippen LogP contribution is 2.17. The van der Waals surface area contributed by atoms with E-state index < -0.39 is 0 Å². The minimum Gasteiger partial charge on any atom is -0.0622 e. The molecule has 202 valence electrons. The van der Waals surface area contributed by atoms with Gasteiger partial charge in [-0.2, -0.15) is 0 Å². The first-order valence-electron chi connectivity index (χ1n) is 14.3. The molecule has 0 spiro atoms. The molecule has 0 fully saturated rings. The molecule has 0 radical (unpaired) electrons. The van der Waals surface area contributed by atoms with Crippen LogP contribution >= 0.6 is 0 Å². The van der Waals surface area contributed by atoms with E-state index in [0.717, 1.165) is 27.8 Å². The molecule has 0 aromatic heterocycles. The Balaban J connectivity index is 1.85.